The molecule has 19 heavy (non-hydrogen) atoms. The van der Waals surface area contributed by atoms with Gasteiger partial charge in [-0.25, -0.2) is 0 Å². The highest BCUT2D eigenvalue weighted by atomic mass is 32.1. The van der Waals surface area contributed by atoms with Crippen LogP contribution in [0.25, 0.3) is 0 Å². The predicted molar refractivity (Wildman–Crippen MR) is 81.8 cm³/mol. The molecule has 0 aromatic rings. The van der Waals surface area contributed by atoms with E-state index in [0.29, 0.717) is 17.2 Å². The van der Waals surface area contributed by atoms with E-state index in [0.717, 1.165) is 12.8 Å². The standard InChI is InChI=1S/C14H27N3OS/c18-13(15-11-7-3-1-4-8-11)17-14(19)16-12-9-5-2-6-10-12/h11-13,15,18H,1-10H2,(H2,16,17,19). The highest BCUT2D eigenvalue weighted by Gasteiger charge is 2.18. The average molecular weight is 285 g/mol. The third-order valence-electron chi connectivity index (χ3n) is 4.21. The van der Waals surface area contributed by atoms with Gasteiger partial charge in [-0.05, 0) is 37.9 Å². The third-order valence-corrected chi connectivity index (χ3v) is 4.44. The zero-order valence-corrected chi connectivity index (χ0v) is 12.5. The molecule has 2 aliphatic carbocycles. The summed E-state index contributed by atoms with van der Waals surface area (Å²) in [6.45, 7) is 0. The summed E-state index contributed by atoms with van der Waals surface area (Å²) in [5, 5.41) is 20.0. The van der Waals surface area contributed by atoms with Gasteiger partial charge in [0.05, 0.1) is 0 Å². The Morgan fingerprint density at radius 1 is 0.895 bits per heavy atom. The van der Waals surface area contributed by atoms with Gasteiger partial charge in [0.25, 0.3) is 0 Å². The Morgan fingerprint density at radius 3 is 2.00 bits per heavy atom. The molecule has 4 N–H and O–H groups in total. The predicted octanol–water partition coefficient (Wildman–Crippen LogP) is 1.98. The maximum absolute atomic E-state index is 9.95. The lowest BCUT2D eigenvalue weighted by atomic mass is 9.95. The Balaban J connectivity index is 1.63. The summed E-state index contributed by atoms with van der Waals surface area (Å²) in [5.41, 5.74) is 0. The Bertz CT molecular complexity index is 276. The summed E-state index contributed by atoms with van der Waals surface area (Å²) in [4.78, 5) is 0. The number of hydrogen-bond donors (Lipinski definition) is 4. The molecule has 2 saturated carbocycles. The van der Waals surface area contributed by atoms with Gasteiger partial charge in [0.1, 0.15) is 0 Å². The molecule has 0 bridgehead atoms. The van der Waals surface area contributed by atoms with E-state index in [1.54, 1.807) is 0 Å². The number of aliphatic hydroxyl groups is 1. The first-order chi connectivity index (χ1) is 9.24. The van der Waals surface area contributed by atoms with E-state index in [9.17, 15) is 5.11 Å². The summed E-state index contributed by atoms with van der Waals surface area (Å²) < 4.78 is 0. The fourth-order valence-electron chi connectivity index (χ4n) is 3.13. The molecule has 110 valence electrons. The van der Waals surface area contributed by atoms with Crippen molar-refractivity contribution in [1.82, 2.24) is 16.0 Å². The van der Waals surface area contributed by atoms with Crippen LogP contribution in [0.3, 0.4) is 0 Å². The van der Waals surface area contributed by atoms with Gasteiger partial charge in [-0.15, -0.1) is 0 Å². The maximum Gasteiger partial charge on any atom is 0.183 e. The van der Waals surface area contributed by atoms with Crippen molar-refractivity contribution in [1.29, 1.82) is 0 Å². The van der Waals surface area contributed by atoms with Crippen LogP contribution in [0.15, 0.2) is 0 Å². The lowest BCUT2D eigenvalue weighted by Crippen LogP contribution is -2.54. The van der Waals surface area contributed by atoms with Gasteiger partial charge >= 0.3 is 0 Å². The maximum atomic E-state index is 9.95. The van der Waals surface area contributed by atoms with Crippen LogP contribution >= 0.6 is 12.2 Å². The molecule has 0 aromatic carbocycles. The number of nitrogens with one attached hydrogen (secondary N) is 3. The first-order valence-corrected chi connectivity index (χ1v) is 8.16. The second-order valence-corrected chi connectivity index (χ2v) is 6.27. The lowest BCUT2D eigenvalue weighted by molar-refractivity contribution is 0.0992. The van der Waals surface area contributed by atoms with E-state index >= 15 is 0 Å². The molecule has 1 atom stereocenters. The van der Waals surface area contributed by atoms with Crippen LogP contribution in [0.1, 0.15) is 64.2 Å². The van der Waals surface area contributed by atoms with E-state index < -0.39 is 6.35 Å². The molecule has 2 aliphatic rings. The second-order valence-electron chi connectivity index (χ2n) is 5.86. The van der Waals surface area contributed by atoms with Crippen LogP contribution < -0.4 is 16.0 Å². The first-order valence-electron chi connectivity index (χ1n) is 7.75. The van der Waals surface area contributed by atoms with Gasteiger partial charge in [0.15, 0.2) is 11.5 Å². The fraction of sp³-hybridized carbons (Fsp3) is 0.929. The number of rotatable bonds is 4. The van der Waals surface area contributed by atoms with Crippen molar-refractivity contribution in [3.8, 4) is 0 Å². The van der Waals surface area contributed by atoms with Crippen LogP contribution in [0.2, 0.25) is 0 Å². The number of aliphatic hydroxyl groups excluding tert-OH is 1. The molecular weight excluding hydrogens is 258 g/mol. The second kappa shape index (κ2) is 8.02. The van der Waals surface area contributed by atoms with Gasteiger partial charge in [-0.3, -0.25) is 5.32 Å². The van der Waals surface area contributed by atoms with Crippen LogP contribution in [0.5, 0.6) is 0 Å². The van der Waals surface area contributed by atoms with Crippen LogP contribution in [0.4, 0.5) is 0 Å². The summed E-state index contributed by atoms with van der Waals surface area (Å²) in [7, 11) is 0. The minimum atomic E-state index is -0.730. The Labute approximate surface area is 121 Å². The number of thiocarbonyl (C=S) groups is 1. The van der Waals surface area contributed by atoms with Gasteiger partial charge in [-0.1, -0.05) is 38.5 Å². The zero-order chi connectivity index (χ0) is 13.5. The van der Waals surface area contributed by atoms with Gasteiger partial charge in [0.2, 0.25) is 0 Å². The first kappa shape index (κ1) is 15.0. The molecule has 0 heterocycles. The van der Waals surface area contributed by atoms with Crippen molar-refractivity contribution >= 4 is 17.3 Å². The van der Waals surface area contributed by atoms with Crippen molar-refractivity contribution in [2.45, 2.75) is 82.6 Å². The van der Waals surface area contributed by atoms with Crippen molar-refractivity contribution < 1.29 is 5.11 Å². The topological polar surface area (TPSA) is 56.3 Å². The summed E-state index contributed by atoms with van der Waals surface area (Å²) in [6.07, 6.45) is 11.7. The molecule has 0 aliphatic heterocycles. The van der Waals surface area contributed by atoms with Gasteiger partial charge in [-0.2, -0.15) is 0 Å². The average Bonchev–Trinajstić information content (AvgIpc) is 2.40. The van der Waals surface area contributed by atoms with E-state index in [1.165, 1.54) is 51.4 Å². The smallest absolute Gasteiger partial charge is 0.183 e. The highest BCUT2D eigenvalue weighted by molar-refractivity contribution is 7.80. The van der Waals surface area contributed by atoms with E-state index in [4.69, 9.17) is 12.2 Å². The van der Waals surface area contributed by atoms with E-state index in [-0.39, 0.29) is 0 Å². The van der Waals surface area contributed by atoms with Crippen molar-refractivity contribution in [2.75, 3.05) is 0 Å². The minimum absolute atomic E-state index is 0.425. The molecular formula is C14H27N3OS. The molecule has 0 radical (unpaired) electrons. The summed E-state index contributed by atoms with van der Waals surface area (Å²) in [6, 6.07) is 0.907. The molecule has 5 heteroatoms. The molecule has 0 amide bonds. The Kier molecular flexibility index (Phi) is 6.34. The van der Waals surface area contributed by atoms with Crippen LogP contribution in [0, 0.1) is 0 Å². The molecule has 0 saturated heterocycles. The van der Waals surface area contributed by atoms with Crippen LogP contribution in [-0.4, -0.2) is 28.7 Å². The SMILES string of the molecule is OC(NC(=S)NC1CCCCC1)NC1CCCCC1. The molecule has 0 spiro atoms. The van der Waals surface area contributed by atoms with Crippen molar-refractivity contribution in [2.24, 2.45) is 0 Å². The highest BCUT2D eigenvalue weighted by Crippen LogP contribution is 2.18. The van der Waals surface area contributed by atoms with Gasteiger partial charge in [0, 0.05) is 12.1 Å². The molecule has 2 rings (SSSR count). The normalized spacial score (nSPS) is 23.8. The fourth-order valence-corrected chi connectivity index (χ4v) is 3.41. The molecule has 2 fully saturated rings. The van der Waals surface area contributed by atoms with E-state index in [1.807, 2.05) is 0 Å². The molecule has 0 aromatic heterocycles. The Morgan fingerprint density at radius 2 is 1.42 bits per heavy atom. The summed E-state index contributed by atoms with van der Waals surface area (Å²) in [5.74, 6) is 0. The van der Waals surface area contributed by atoms with Crippen molar-refractivity contribution in [3.63, 3.8) is 0 Å². The Hall–Kier alpha value is -0.390. The minimum Gasteiger partial charge on any atom is -0.361 e. The van der Waals surface area contributed by atoms with Gasteiger partial charge < -0.3 is 15.7 Å². The van der Waals surface area contributed by atoms with Crippen molar-refractivity contribution in [3.05, 3.63) is 0 Å². The number of hydrogen-bond acceptors (Lipinski definition) is 3. The largest absolute Gasteiger partial charge is 0.361 e. The summed E-state index contributed by atoms with van der Waals surface area (Å²) >= 11 is 5.26. The zero-order valence-electron chi connectivity index (χ0n) is 11.7. The monoisotopic (exact) mass is 285 g/mol. The molecule has 4 nitrogen and oxygen atoms in total. The quantitative estimate of drug-likeness (QED) is 0.470. The van der Waals surface area contributed by atoms with Crippen LogP contribution in [-0.2, 0) is 0 Å². The lowest BCUT2D eigenvalue weighted by Gasteiger charge is -2.28. The molecule has 1 unspecified atom stereocenters. The van der Waals surface area contributed by atoms with E-state index in [2.05, 4.69) is 16.0 Å². The third kappa shape index (κ3) is 5.63.